The fourth-order valence-corrected chi connectivity index (χ4v) is 3.89. The van der Waals surface area contributed by atoms with Crippen molar-refractivity contribution in [2.45, 2.75) is 24.3 Å². The Hall–Kier alpha value is -3.40. The third kappa shape index (κ3) is 4.18. The molecule has 2 aromatic heterocycles. The number of aromatic nitrogens is 3. The zero-order chi connectivity index (χ0) is 23.0. The molecule has 0 radical (unpaired) electrons. The topological polar surface area (TPSA) is 96.8 Å². The zero-order valence-electron chi connectivity index (χ0n) is 17.8. The molecule has 1 aromatic carbocycles. The summed E-state index contributed by atoms with van der Waals surface area (Å²) in [7, 11) is 3.13. The minimum Gasteiger partial charge on any atom is -0.348 e. The van der Waals surface area contributed by atoms with Gasteiger partial charge in [0.1, 0.15) is 6.04 Å². The summed E-state index contributed by atoms with van der Waals surface area (Å²) in [5.41, 5.74) is 8.96. The number of likely N-dealkylation sites (N-methyl/N-ethyl adjacent to an activating group) is 1. The molecule has 10 heteroatoms. The highest BCUT2D eigenvalue weighted by Gasteiger charge is 2.44. The molecule has 168 valence electrons. The predicted octanol–water partition coefficient (Wildman–Crippen LogP) is 1.76. The van der Waals surface area contributed by atoms with E-state index in [0.717, 1.165) is 16.2 Å². The Morgan fingerprint density at radius 1 is 1.16 bits per heavy atom. The molecule has 1 aliphatic heterocycles. The van der Waals surface area contributed by atoms with Gasteiger partial charge in [-0.2, -0.15) is 5.10 Å². The van der Waals surface area contributed by atoms with Crippen LogP contribution in [0.5, 0.6) is 0 Å². The van der Waals surface area contributed by atoms with Gasteiger partial charge in [0, 0.05) is 44.9 Å². The minimum atomic E-state index is -2.93. The SMILES string of the molecule is CN(C)C(=O)C(c1ccc(-c2ccn3nccc3n2)cc1)[C@H](N)C(=O)N1CCC(F)(F)C1. The van der Waals surface area contributed by atoms with Gasteiger partial charge in [0.25, 0.3) is 5.92 Å². The maximum atomic E-state index is 13.6. The van der Waals surface area contributed by atoms with Gasteiger partial charge < -0.3 is 15.5 Å². The number of nitrogens with zero attached hydrogens (tertiary/aromatic N) is 5. The van der Waals surface area contributed by atoms with E-state index >= 15 is 0 Å². The number of halogens is 2. The van der Waals surface area contributed by atoms with E-state index in [1.807, 2.05) is 6.07 Å². The lowest BCUT2D eigenvalue weighted by Crippen LogP contribution is -2.50. The summed E-state index contributed by atoms with van der Waals surface area (Å²) in [6.07, 6.45) is 3.05. The summed E-state index contributed by atoms with van der Waals surface area (Å²) >= 11 is 0. The monoisotopic (exact) mass is 442 g/mol. The molecule has 1 saturated heterocycles. The van der Waals surface area contributed by atoms with Crippen LogP contribution in [-0.2, 0) is 9.59 Å². The second kappa shape index (κ2) is 8.27. The van der Waals surface area contributed by atoms with Gasteiger partial charge in [0.2, 0.25) is 11.8 Å². The Kier molecular flexibility index (Phi) is 5.64. The Morgan fingerprint density at radius 3 is 2.50 bits per heavy atom. The second-order valence-corrected chi connectivity index (χ2v) is 8.17. The van der Waals surface area contributed by atoms with Crippen molar-refractivity contribution in [1.82, 2.24) is 24.4 Å². The average Bonchev–Trinajstić information content (AvgIpc) is 3.38. The van der Waals surface area contributed by atoms with Crippen LogP contribution in [0.15, 0.2) is 48.8 Å². The van der Waals surface area contributed by atoms with E-state index in [-0.39, 0.29) is 12.5 Å². The molecule has 1 unspecified atom stereocenters. The summed E-state index contributed by atoms with van der Waals surface area (Å²) in [6, 6.07) is 9.36. The molecular formula is C22H24F2N6O2. The number of hydrogen-bond donors (Lipinski definition) is 1. The van der Waals surface area contributed by atoms with Crippen molar-refractivity contribution in [3.8, 4) is 11.3 Å². The maximum Gasteiger partial charge on any atom is 0.267 e. The lowest BCUT2D eigenvalue weighted by atomic mass is 9.89. The average molecular weight is 442 g/mol. The lowest BCUT2D eigenvalue weighted by molar-refractivity contribution is -0.139. The van der Waals surface area contributed by atoms with Crippen molar-refractivity contribution >= 4 is 17.5 Å². The van der Waals surface area contributed by atoms with Crippen molar-refractivity contribution < 1.29 is 18.4 Å². The zero-order valence-corrected chi connectivity index (χ0v) is 17.8. The molecule has 32 heavy (non-hydrogen) atoms. The van der Waals surface area contributed by atoms with E-state index in [1.165, 1.54) is 4.90 Å². The lowest BCUT2D eigenvalue weighted by Gasteiger charge is -2.28. The molecule has 3 aromatic rings. The number of fused-ring (bicyclic) bond motifs is 1. The highest BCUT2D eigenvalue weighted by Crippen LogP contribution is 2.30. The van der Waals surface area contributed by atoms with E-state index in [1.54, 1.807) is 61.3 Å². The Labute approximate surface area is 183 Å². The van der Waals surface area contributed by atoms with E-state index in [2.05, 4.69) is 10.1 Å². The predicted molar refractivity (Wildman–Crippen MR) is 114 cm³/mol. The number of rotatable bonds is 5. The van der Waals surface area contributed by atoms with Gasteiger partial charge >= 0.3 is 0 Å². The number of benzene rings is 1. The van der Waals surface area contributed by atoms with Gasteiger partial charge in [-0.1, -0.05) is 24.3 Å². The summed E-state index contributed by atoms with van der Waals surface area (Å²) < 4.78 is 28.8. The highest BCUT2D eigenvalue weighted by atomic mass is 19.3. The molecule has 0 bridgehead atoms. The molecule has 3 heterocycles. The number of likely N-dealkylation sites (tertiary alicyclic amines) is 1. The first-order valence-corrected chi connectivity index (χ1v) is 10.2. The molecule has 0 saturated carbocycles. The minimum absolute atomic E-state index is 0.0793. The Morgan fingerprint density at radius 2 is 1.88 bits per heavy atom. The van der Waals surface area contributed by atoms with Crippen molar-refractivity contribution in [2.24, 2.45) is 5.73 Å². The van der Waals surface area contributed by atoms with Crippen molar-refractivity contribution in [3.63, 3.8) is 0 Å². The number of carbonyl (C=O) groups excluding carboxylic acids is 2. The van der Waals surface area contributed by atoms with Crippen LogP contribution in [0.3, 0.4) is 0 Å². The molecule has 0 spiro atoms. The van der Waals surface area contributed by atoms with E-state index in [0.29, 0.717) is 11.2 Å². The Bertz CT molecular complexity index is 1140. The van der Waals surface area contributed by atoms with Crippen molar-refractivity contribution in [1.29, 1.82) is 0 Å². The normalized spacial score (nSPS) is 17.3. The van der Waals surface area contributed by atoms with Crippen molar-refractivity contribution in [3.05, 3.63) is 54.4 Å². The standard InChI is InChI=1S/C22H24F2N6O2/c1-28(2)20(31)18(19(25)21(32)29-12-9-22(23,24)13-29)15-5-3-14(4-6-15)16-8-11-30-17(27-16)7-10-26-30/h3-8,10-11,18-19H,9,12-13,25H2,1-2H3/t18?,19-/m0/s1. The first-order valence-electron chi connectivity index (χ1n) is 10.2. The van der Waals surface area contributed by atoms with E-state index in [9.17, 15) is 18.4 Å². The molecule has 8 nitrogen and oxygen atoms in total. The highest BCUT2D eigenvalue weighted by molar-refractivity contribution is 5.93. The molecule has 2 amide bonds. The smallest absolute Gasteiger partial charge is 0.267 e. The van der Waals surface area contributed by atoms with Crippen LogP contribution in [-0.4, -0.2) is 75.4 Å². The van der Waals surface area contributed by atoms with Crippen LogP contribution < -0.4 is 5.73 Å². The fourth-order valence-electron chi connectivity index (χ4n) is 3.89. The van der Waals surface area contributed by atoms with Crippen LogP contribution in [0.1, 0.15) is 17.9 Å². The van der Waals surface area contributed by atoms with Gasteiger partial charge in [0.15, 0.2) is 5.65 Å². The Balaban J connectivity index is 1.61. The van der Waals surface area contributed by atoms with Gasteiger partial charge in [-0.05, 0) is 11.6 Å². The second-order valence-electron chi connectivity index (χ2n) is 8.17. The fraction of sp³-hybridized carbons (Fsp3) is 0.364. The van der Waals surface area contributed by atoms with Crippen molar-refractivity contribution in [2.75, 3.05) is 27.2 Å². The third-order valence-electron chi connectivity index (χ3n) is 5.66. The third-order valence-corrected chi connectivity index (χ3v) is 5.66. The van der Waals surface area contributed by atoms with Crippen LogP contribution in [0, 0.1) is 0 Å². The molecule has 4 rings (SSSR count). The van der Waals surface area contributed by atoms with Gasteiger partial charge in [-0.25, -0.2) is 18.3 Å². The molecule has 1 fully saturated rings. The van der Waals surface area contributed by atoms with Crippen LogP contribution >= 0.6 is 0 Å². The van der Waals surface area contributed by atoms with E-state index in [4.69, 9.17) is 5.73 Å². The van der Waals surface area contributed by atoms with Gasteiger partial charge in [-0.15, -0.1) is 0 Å². The first-order chi connectivity index (χ1) is 15.2. The van der Waals surface area contributed by atoms with Crippen LogP contribution in [0.2, 0.25) is 0 Å². The summed E-state index contributed by atoms with van der Waals surface area (Å²) in [5, 5.41) is 4.12. The van der Waals surface area contributed by atoms with Gasteiger partial charge in [0.05, 0.1) is 24.4 Å². The molecule has 2 N–H and O–H groups in total. The molecular weight excluding hydrogens is 418 g/mol. The van der Waals surface area contributed by atoms with E-state index < -0.39 is 36.8 Å². The van der Waals surface area contributed by atoms with Gasteiger partial charge in [-0.3, -0.25) is 9.59 Å². The molecule has 2 atom stereocenters. The number of amides is 2. The molecule has 1 aliphatic rings. The summed E-state index contributed by atoms with van der Waals surface area (Å²) in [5.74, 6) is -4.95. The maximum absolute atomic E-state index is 13.6. The number of carbonyl (C=O) groups is 2. The summed E-state index contributed by atoms with van der Waals surface area (Å²) in [6.45, 7) is -0.756. The summed E-state index contributed by atoms with van der Waals surface area (Å²) in [4.78, 5) is 32.7. The number of alkyl halides is 2. The first kappa shape index (κ1) is 21.8. The number of hydrogen-bond acceptors (Lipinski definition) is 5. The van der Waals surface area contributed by atoms with Crippen LogP contribution in [0.25, 0.3) is 16.9 Å². The largest absolute Gasteiger partial charge is 0.348 e. The van der Waals surface area contributed by atoms with Crippen LogP contribution in [0.4, 0.5) is 8.78 Å². The number of nitrogens with two attached hydrogens (primary N) is 1. The quantitative estimate of drug-likeness (QED) is 0.650. The molecule has 0 aliphatic carbocycles.